The molecule has 0 radical (unpaired) electrons. The average Bonchev–Trinajstić information content (AvgIpc) is 2.48. The third-order valence-corrected chi connectivity index (χ3v) is 4.01. The predicted molar refractivity (Wildman–Crippen MR) is 85.3 cm³/mol. The number of piperazine rings is 1. The second-order valence-electron chi connectivity index (χ2n) is 5.86. The van der Waals surface area contributed by atoms with Crippen molar-refractivity contribution < 1.29 is 0 Å². The van der Waals surface area contributed by atoms with E-state index in [0.29, 0.717) is 17.4 Å². The van der Waals surface area contributed by atoms with Crippen molar-refractivity contribution in [3.63, 3.8) is 0 Å². The van der Waals surface area contributed by atoms with Crippen LogP contribution in [0.2, 0.25) is 0 Å². The molecule has 5 heteroatoms. The Hall–Kier alpha value is -1.64. The van der Waals surface area contributed by atoms with Gasteiger partial charge in [0.15, 0.2) is 0 Å². The summed E-state index contributed by atoms with van der Waals surface area (Å²) in [7, 11) is 0. The van der Waals surface area contributed by atoms with Crippen molar-refractivity contribution in [3.05, 3.63) is 23.4 Å². The van der Waals surface area contributed by atoms with Gasteiger partial charge in [-0.1, -0.05) is 0 Å². The fraction of sp³-hybridized carbons (Fsp3) is 0.625. The topological polar surface area (TPSA) is 55.2 Å². The van der Waals surface area contributed by atoms with Gasteiger partial charge >= 0.3 is 0 Å². The lowest BCUT2D eigenvalue weighted by atomic mass is 10.2. The summed E-state index contributed by atoms with van der Waals surface area (Å²) in [6.45, 7) is 12.8. The minimum Gasteiger partial charge on any atom is -0.368 e. The van der Waals surface area contributed by atoms with E-state index in [1.807, 2.05) is 19.1 Å². The molecule has 1 fully saturated rings. The fourth-order valence-electron chi connectivity index (χ4n) is 2.62. The number of aryl methyl sites for hydroxylation is 1. The maximum absolute atomic E-state index is 9.09. The van der Waals surface area contributed by atoms with Crippen LogP contribution >= 0.6 is 0 Å². The van der Waals surface area contributed by atoms with Crippen molar-refractivity contribution in [2.45, 2.75) is 26.8 Å². The second-order valence-corrected chi connectivity index (χ2v) is 5.86. The van der Waals surface area contributed by atoms with Gasteiger partial charge in [-0.25, -0.2) is 4.98 Å². The summed E-state index contributed by atoms with van der Waals surface area (Å²) in [5.41, 5.74) is 1.55. The number of anilines is 1. The van der Waals surface area contributed by atoms with Crippen molar-refractivity contribution in [2.75, 3.05) is 44.6 Å². The van der Waals surface area contributed by atoms with Crippen LogP contribution in [-0.2, 0) is 0 Å². The first-order valence-electron chi connectivity index (χ1n) is 7.68. The van der Waals surface area contributed by atoms with Gasteiger partial charge in [0.2, 0.25) is 0 Å². The summed E-state index contributed by atoms with van der Waals surface area (Å²) in [4.78, 5) is 9.38. The highest BCUT2D eigenvalue weighted by Gasteiger charge is 2.18. The Morgan fingerprint density at radius 3 is 2.62 bits per heavy atom. The zero-order valence-electron chi connectivity index (χ0n) is 13.3. The molecular formula is C16H25N5. The molecule has 2 heterocycles. The van der Waals surface area contributed by atoms with Gasteiger partial charge in [-0.3, -0.25) is 9.80 Å². The molecule has 0 aromatic carbocycles. The van der Waals surface area contributed by atoms with Gasteiger partial charge in [-0.2, -0.15) is 5.26 Å². The van der Waals surface area contributed by atoms with Crippen LogP contribution < -0.4 is 5.32 Å². The third kappa shape index (κ3) is 4.42. The molecule has 2 rings (SSSR count). The fourth-order valence-corrected chi connectivity index (χ4v) is 2.62. The quantitative estimate of drug-likeness (QED) is 0.893. The molecule has 0 saturated carbocycles. The molecule has 114 valence electrons. The van der Waals surface area contributed by atoms with Crippen LogP contribution in [0.15, 0.2) is 12.1 Å². The Balaban J connectivity index is 1.78. The predicted octanol–water partition coefficient (Wildman–Crippen LogP) is 1.70. The van der Waals surface area contributed by atoms with E-state index < -0.39 is 0 Å². The highest BCUT2D eigenvalue weighted by atomic mass is 15.3. The molecule has 1 aliphatic rings. The van der Waals surface area contributed by atoms with Gasteiger partial charge in [-0.15, -0.1) is 0 Å². The molecule has 0 aliphatic carbocycles. The second kappa shape index (κ2) is 7.39. The minimum absolute atomic E-state index is 0.616. The van der Waals surface area contributed by atoms with E-state index in [1.165, 1.54) is 0 Å². The summed E-state index contributed by atoms with van der Waals surface area (Å²) in [5.74, 6) is 0.707. The van der Waals surface area contributed by atoms with Gasteiger partial charge in [0.25, 0.3) is 0 Å². The number of nitrogens with zero attached hydrogens (tertiary/aromatic N) is 4. The first kappa shape index (κ1) is 15.7. The zero-order valence-corrected chi connectivity index (χ0v) is 13.3. The Morgan fingerprint density at radius 2 is 2.00 bits per heavy atom. The molecule has 1 aromatic rings. The van der Waals surface area contributed by atoms with Crippen LogP contribution in [0.25, 0.3) is 0 Å². The van der Waals surface area contributed by atoms with E-state index >= 15 is 0 Å². The van der Waals surface area contributed by atoms with E-state index in [2.05, 4.69) is 40.0 Å². The largest absolute Gasteiger partial charge is 0.368 e. The highest BCUT2D eigenvalue weighted by molar-refractivity contribution is 5.52. The maximum atomic E-state index is 9.09. The van der Waals surface area contributed by atoms with E-state index in [0.717, 1.165) is 45.0 Å². The number of nitrogens with one attached hydrogen (secondary N) is 1. The van der Waals surface area contributed by atoms with Gasteiger partial charge in [0, 0.05) is 51.0 Å². The summed E-state index contributed by atoms with van der Waals surface area (Å²) in [6.07, 6.45) is 0. The first-order chi connectivity index (χ1) is 10.1. The molecular weight excluding hydrogens is 262 g/mol. The molecule has 0 unspecified atom stereocenters. The lowest BCUT2D eigenvalue weighted by Gasteiger charge is -2.36. The first-order valence-corrected chi connectivity index (χ1v) is 7.68. The van der Waals surface area contributed by atoms with E-state index in [9.17, 15) is 0 Å². The van der Waals surface area contributed by atoms with Gasteiger partial charge < -0.3 is 5.32 Å². The van der Waals surface area contributed by atoms with Crippen molar-refractivity contribution in [2.24, 2.45) is 0 Å². The third-order valence-electron chi connectivity index (χ3n) is 4.01. The number of rotatable bonds is 5. The Bertz CT molecular complexity index is 498. The Labute approximate surface area is 127 Å². The van der Waals surface area contributed by atoms with Gasteiger partial charge in [-0.05, 0) is 32.9 Å². The van der Waals surface area contributed by atoms with Gasteiger partial charge in [0.05, 0.1) is 5.56 Å². The van der Waals surface area contributed by atoms with Crippen molar-refractivity contribution >= 4 is 5.82 Å². The van der Waals surface area contributed by atoms with Crippen LogP contribution in [0.5, 0.6) is 0 Å². The summed E-state index contributed by atoms with van der Waals surface area (Å²) >= 11 is 0. The molecule has 0 bridgehead atoms. The normalized spacial score (nSPS) is 16.9. The number of nitriles is 1. The minimum atomic E-state index is 0.616. The Kier molecular flexibility index (Phi) is 5.54. The zero-order chi connectivity index (χ0) is 15.2. The maximum Gasteiger partial charge on any atom is 0.144 e. The molecule has 1 saturated heterocycles. The molecule has 0 spiro atoms. The smallest absolute Gasteiger partial charge is 0.144 e. The summed E-state index contributed by atoms with van der Waals surface area (Å²) in [5, 5.41) is 12.4. The molecule has 21 heavy (non-hydrogen) atoms. The van der Waals surface area contributed by atoms with E-state index in [4.69, 9.17) is 5.26 Å². The highest BCUT2D eigenvalue weighted by Crippen LogP contribution is 2.12. The van der Waals surface area contributed by atoms with Crippen LogP contribution in [0, 0.1) is 18.3 Å². The average molecular weight is 287 g/mol. The van der Waals surface area contributed by atoms with Crippen molar-refractivity contribution in [3.8, 4) is 6.07 Å². The summed E-state index contributed by atoms with van der Waals surface area (Å²) < 4.78 is 0. The van der Waals surface area contributed by atoms with Crippen LogP contribution in [0.1, 0.15) is 25.1 Å². The SMILES string of the molecule is Cc1ccc(C#N)c(NCCN2CCN(C(C)C)CC2)n1. The van der Waals surface area contributed by atoms with Crippen molar-refractivity contribution in [1.29, 1.82) is 5.26 Å². The lowest BCUT2D eigenvalue weighted by Crippen LogP contribution is -2.49. The number of hydrogen-bond donors (Lipinski definition) is 1. The van der Waals surface area contributed by atoms with Crippen LogP contribution in [0.3, 0.4) is 0 Å². The van der Waals surface area contributed by atoms with E-state index in [-0.39, 0.29) is 0 Å². The number of aromatic nitrogens is 1. The molecule has 5 nitrogen and oxygen atoms in total. The number of pyridine rings is 1. The standard InChI is InChI=1S/C16H25N5/c1-13(2)21-10-8-20(9-11-21)7-6-18-16-15(12-17)5-4-14(3)19-16/h4-5,13H,6-11H2,1-3H3,(H,18,19). The molecule has 0 atom stereocenters. The molecule has 1 N–H and O–H groups in total. The van der Waals surface area contributed by atoms with E-state index in [1.54, 1.807) is 0 Å². The van der Waals surface area contributed by atoms with Crippen LogP contribution in [0.4, 0.5) is 5.82 Å². The molecule has 0 amide bonds. The van der Waals surface area contributed by atoms with Gasteiger partial charge in [0.1, 0.15) is 11.9 Å². The summed E-state index contributed by atoms with van der Waals surface area (Å²) in [6, 6.07) is 6.52. The monoisotopic (exact) mass is 287 g/mol. The van der Waals surface area contributed by atoms with Crippen molar-refractivity contribution in [1.82, 2.24) is 14.8 Å². The van der Waals surface area contributed by atoms with Crippen LogP contribution in [-0.4, -0.2) is 60.1 Å². The molecule has 1 aliphatic heterocycles. The molecule has 1 aromatic heterocycles. The lowest BCUT2D eigenvalue weighted by molar-refractivity contribution is 0.111. The number of hydrogen-bond acceptors (Lipinski definition) is 5. The Morgan fingerprint density at radius 1 is 1.29 bits per heavy atom.